The molecule has 23 heavy (non-hydrogen) atoms. The maximum atomic E-state index is 11.7. The van der Waals surface area contributed by atoms with Gasteiger partial charge in [-0.1, -0.05) is 36.4 Å². The van der Waals surface area contributed by atoms with Crippen LogP contribution in [0, 0.1) is 18.3 Å². The summed E-state index contributed by atoms with van der Waals surface area (Å²) >= 11 is 1.56. The molecule has 0 fully saturated rings. The number of hydrogen-bond donors (Lipinski definition) is 1. The van der Waals surface area contributed by atoms with E-state index in [4.69, 9.17) is 5.26 Å². The molecule has 0 spiro atoms. The fourth-order valence-corrected chi connectivity index (χ4v) is 2.78. The molecule has 0 aliphatic heterocycles. The highest BCUT2D eigenvalue weighted by Crippen LogP contribution is 2.15. The Bertz CT molecular complexity index is 733. The minimum absolute atomic E-state index is 0.131. The van der Waals surface area contributed by atoms with Gasteiger partial charge in [0, 0.05) is 5.75 Å². The first-order valence-corrected chi connectivity index (χ1v) is 8.29. The largest absolute Gasteiger partial charge is 0.272 e. The number of nitrogens with zero attached hydrogens (tertiary/aromatic N) is 2. The number of rotatable bonds is 6. The number of carbonyl (C=O) groups excluding carboxylic acids is 1. The number of aryl methyl sites for hydroxylation is 1. The van der Waals surface area contributed by atoms with E-state index in [2.05, 4.69) is 35.7 Å². The van der Waals surface area contributed by atoms with E-state index in [0.29, 0.717) is 11.3 Å². The molecule has 2 aromatic rings. The number of thioether (sulfide) groups is 1. The molecule has 116 valence electrons. The molecule has 0 heterocycles. The lowest BCUT2D eigenvalue weighted by molar-refractivity contribution is -0.118. The molecule has 4 nitrogen and oxygen atoms in total. The summed E-state index contributed by atoms with van der Waals surface area (Å²) in [6.45, 7) is 2.07. The van der Waals surface area contributed by atoms with E-state index in [-0.39, 0.29) is 5.91 Å². The van der Waals surface area contributed by atoms with Crippen molar-refractivity contribution in [2.24, 2.45) is 5.10 Å². The van der Waals surface area contributed by atoms with E-state index >= 15 is 0 Å². The SMILES string of the molecule is Cc1ccccc1CSCC(=O)N/N=C/c1ccc(C#N)cc1. The van der Waals surface area contributed by atoms with Crippen LogP contribution in [0.3, 0.4) is 0 Å². The molecule has 0 aliphatic rings. The molecule has 0 unspecified atom stereocenters. The molecular formula is C18H17N3OS. The van der Waals surface area contributed by atoms with E-state index in [1.165, 1.54) is 11.1 Å². The molecule has 0 saturated carbocycles. The molecule has 1 amide bonds. The van der Waals surface area contributed by atoms with Crippen molar-refractivity contribution in [2.75, 3.05) is 5.75 Å². The second-order valence-electron chi connectivity index (χ2n) is 4.95. The molecule has 0 atom stereocenters. The van der Waals surface area contributed by atoms with Gasteiger partial charge in [0.25, 0.3) is 0 Å². The highest BCUT2D eigenvalue weighted by atomic mass is 32.2. The zero-order valence-corrected chi connectivity index (χ0v) is 13.6. The Hall–Kier alpha value is -2.58. The van der Waals surface area contributed by atoms with Crippen molar-refractivity contribution in [3.8, 4) is 6.07 Å². The first kappa shape index (κ1) is 16.8. The van der Waals surface area contributed by atoms with Crippen LogP contribution in [0.25, 0.3) is 0 Å². The average molecular weight is 323 g/mol. The van der Waals surface area contributed by atoms with Crippen molar-refractivity contribution < 1.29 is 4.79 Å². The molecular weight excluding hydrogens is 306 g/mol. The molecule has 0 aromatic heterocycles. The zero-order chi connectivity index (χ0) is 16.5. The van der Waals surface area contributed by atoms with Crippen LogP contribution >= 0.6 is 11.8 Å². The van der Waals surface area contributed by atoms with Gasteiger partial charge in [0.05, 0.1) is 23.6 Å². The monoisotopic (exact) mass is 323 g/mol. The summed E-state index contributed by atoms with van der Waals surface area (Å²) in [6, 6.07) is 17.2. The van der Waals surface area contributed by atoms with Gasteiger partial charge in [0.15, 0.2) is 0 Å². The highest BCUT2D eigenvalue weighted by molar-refractivity contribution is 7.99. The average Bonchev–Trinajstić information content (AvgIpc) is 2.57. The number of amides is 1. The van der Waals surface area contributed by atoms with Crippen LogP contribution in [-0.4, -0.2) is 17.9 Å². The van der Waals surface area contributed by atoms with Crippen molar-refractivity contribution >= 4 is 23.9 Å². The van der Waals surface area contributed by atoms with E-state index in [1.54, 1.807) is 42.2 Å². The number of nitriles is 1. The quantitative estimate of drug-likeness (QED) is 0.655. The maximum absolute atomic E-state index is 11.7. The second kappa shape index (κ2) is 8.76. The van der Waals surface area contributed by atoms with Gasteiger partial charge in [-0.15, -0.1) is 11.8 Å². The van der Waals surface area contributed by atoms with Crippen LogP contribution < -0.4 is 5.43 Å². The van der Waals surface area contributed by atoms with Gasteiger partial charge in [-0.3, -0.25) is 4.79 Å². The van der Waals surface area contributed by atoms with Crippen molar-refractivity contribution in [3.63, 3.8) is 0 Å². The van der Waals surface area contributed by atoms with Gasteiger partial charge in [-0.05, 0) is 35.7 Å². The molecule has 0 aliphatic carbocycles. The third kappa shape index (κ3) is 5.61. The molecule has 5 heteroatoms. The van der Waals surface area contributed by atoms with Crippen LogP contribution in [0.1, 0.15) is 22.3 Å². The summed E-state index contributed by atoms with van der Waals surface area (Å²) in [5.74, 6) is 1.03. The van der Waals surface area contributed by atoms with E-state index in [1.807, 2.05) is 12.1 Å². The van der Waals surface area contributed by atoms with Gasteiger partial charge in [0.1, 0.15) is 0 Å². The Morgan fingerprint density at radius 2 is 2.00 bits per heavy atom. The van der Waals surface area contributed by atoms with Gasteiger partial charge in [-0.2, -0.15) is 10.4 Å². The van der Waals surface area contributed by atoms with E-state index in [9.17, 15) is 4.79 Å². The summed E-state index contributed by atoms with van der Waals surface area (Å²) in [4.78, 5) is 11.7. The molecule has 1 N–H and O–H groups in total. The van der Waals surface area contributed by atoms with Crippen molar-refractivity contribution in [2.45, 2.75) is 12.7 Å². The zero-order valence-electron chi connectivity index (χ0n) is 12.8. The van der Waals surface area contributed by atoms with Crippen LogP contribution in [0.2, 0.25) is 0 Å². The Kier molecular flexibility index (Phi) is 6.40. The van der Waals surface area contributed by atoms with Gasteiger partial charge < -0.3 is 0 Å². The highest BCUT2D eigenvalue weighted by Gasteiger charge is 2.02. The number of hydrogen-bond acceptors (Lipinski definition) is 4. The smallest absolute Gasteiger partial charge is 0.250 e. The van der Waals surface area contributed by atoms with Crippen molar-refractivity contribution in [1.29, 1.82) is 5.26 Å². The predicted molar refractivity (Wildman–Crippen MR) is 94.2 cm³/mol. The van der Waals surface area contributed by atoms with E-state index in [0.717, 1.165) is 11.3 Å². The Morgan fingerprint density at radius 3 is 2.70 bits per heavy atom. The third-order valence-corrected chi connectivity index (χ3v) is 4.18. The number of hydrazone groups is 1. The molecule has 0 saturated heterocycles. The van der Waals surface area contributed by atoms with Crippen LogP contribution in [0.5, 0.6) is 0 Å². The second-order valence-corrected chi connectivity index (χ2v) is 5.93. The normalized spacial score (nSPS) is 10.4. The maximum Gasteiger partial charge on any atom is 0.250 e. The lowest BCUT2D eigenvalue weighted by Crippen LogP contribution is -2.19. The first-order valence-electron chi connectivity index (χ1n) is 7.13. The molecule has 2 rings (SSSR count). The van der Waals surface area contributed by atoms with Crippen molar-refractivity contribution in [3.05, 3.63) is 70.8 Å². The van der Waals surface area contributed by atoms with E-state index < -0.39 is 0 Å². The van der Waals surface area contributed by atoms with Crippen LogP contribution in [0.15, 0.2) is 53.6 Å². The van der Waals surface area contributed by atoms with Crippen LogP contribution in [0.4, 0.5) is 0 Å². The summed E-state index contributed by atoms with van der Waals surface area (Å²) in [5, 5.41) is 12.6. The summed E-state index contributed by atoms with van der Waals surface area (Å²) in [7, 11) is 0. The minimum atomic E-state index is -0.131. The number of carbonyl (C=O) groups is 1. The van der Waals surface area contributed by atoms with Crippen LogP contribution in [-0.2, 0) is 10.5 Å². The molecule has 2 aromatic carbocycles. The Balaban J connectivity index is 1.73. The van der Waals surface area contributed by atoms with Gasteiger partial charge >= 0.3 is 0 Å². The molecule has 0 radical (unpaired) electrons. The third-order valence-electron chi connectivity index (χ3n) is 3.19. The Labute approximate surface area is 140 Å². The minimum Gasteiger partial charge on any atom is -0.272 e. The molecule has 0 bridgehead atoms. The lowest BCUT2D eigenvalue weighted by atomic mass is 10.1. The summed E-state index contributed by atoms with van der Waals surface area (Å²) in [6.07, 6.45) is 1.56. The predicted octanol–water partition coefficient (Wildman–Crippen LogP) is 3.25. The van der Waals surface area contributed by atoms with Gasteiger partial charge in [0.2, 0.25) is 5.91 Å². The fraction of sp³-hybridized carbons (Fsp3) is 0.167. The fourth-order valence-electron chi connectivity index (χ4n) is 1.88. The number of benzene rings is 2. The van der Waals surface area contributed by atoms with Gasteiger partial charge in [-0.25, -0.2) is 5.43 Å². The lowest BCUT2D eigenvalue weighted by Gasteiger charge is -2.04. The Morgan fingerprint density at radius 1 is 1.26 bits per heavy atom. The summed E-state index contributed by atoms with van der Waals surface area (Å²) < 4.78 is 0. The first-order chi connectivity index (χ1) is 11.2. The number of nitrogens with one attached hydrogen (secondary N) is 1. The standard InChI is InChI=1S/C18H17N3OS/c1-14-4-2-3-5-17(14)12-23-13-18(22)21-20-11-16-8-6-15(10-19)7-9-16/h2-9,11H,12-13H2,1H3,(H,21,22)/b20-11+. The topological polar surface area (TPSA) is 65.2 Å². The summed E-state index contributed by atoms with van der Waals surface area (Å²) in [5.41, 5.74) is 6.41. The van der Waals surface area contributed by atoms with Crippen molar-refractivity contribution in [1.82, 2.24) is 5.43 Å².